The molecule has 1 fully saturated rings. The van der Waals surface area contributed by atoms with Crippen LogP contribution in [0.3, 0.4) is 0 Å². The first kappa shape index (κ1) is 17.7. The minimum absolute atomic E-state index is 0.231. The molecule has 24 heavy (non-hydrogen) atoms. The van der Waals surface area contributed by atoms with E-state index in [1.165, 1.54) is 4.31 Å². The van der Waals surface area contributed by atoms with Gasteiger partial charge in [0.1, 0.15) is 6.10 Å². The van der Waals surface area contributed by atoms with E-state index >= 15 is 0 Å². The lowest BCUT2D eigenvalue weighted by Gasteiger charge is -2.19. The van der Waals surface area contributed by atoms with Gasteiger partial charge >= 0.3 is 0 Å². The summed E-state index contributed by atoms with van der Waals surface area (Å²) < 4.78 is 33.7. The summed E-state index contributed by atoms with van der Waals surface area (Å²) in [6, 6.07) is 8.55. The highest BCUT2D eigenvalue weighted by atomic mass is 79.9. The Kier molecular flexibility index (Phi) is 5.15. The van der Waals surface area contributed by atoms with Crippen LogP contribution in [0.5, 0.6) is 5.88 Å². The van der Waals surface area contributed by atoms with E-state index in [-0.39, 0.29) is 17.5 Å². The Hall–Kier alpha value is -1.15. The van der Waals surface area contributed by atoms with E-state index in [4.69, 9.17) is 16.3 Å². The molecule has 1 atom stereocenters. The largest absolute Gasteiger partial charge is 0.472 e. The van der Waals surface area contributed by atoms with E-state index < -0.39 is 10.0 Å². The molecule has 1 aliphatic heterocycles. The molecule has 1 aromatic carbocycles. The fourth-order valence-corrected chi connectivity index (χ4v) is 4.95. The molecule has 5 nitrogen and oxygen atoms in total. The third-order valence-electron chi connectivity index (χ3n) is 3.95. The fraction of sp³-hybridized carbons (Fsp3) is 0.312. The molecule has 2 heterocycles. The van der Waals surface area contributed by atoms with E-state index in [9.17, 15) is 8.42 Å². The molecule has 1 saturated heterocycles. The van der Waals surface area contributed by atoms with Gasteiger partial charge in [-0.15, -0.1) is 0 Å². The molecule has 2 aromatic rings. The third-order valence-corrected chi connectivity index (χ3v) is 6.97. The zero-order chi connectivity index (χ0) is 17.3. The van der Waals surface area contributed by atoms with Crippen molar-refractivity contribution in [2.45, 2.75) is 24.3 Å². The molecule has 8 heteroatoms. The lowest BCUT2D eigenvalue weighted by molar-refractivity contribution is 0.205. The molecular weight excluding hydrogens is 416 g/mol. The minimum Gasteiger partial charge on any atom is -0.472 e. The second-order valence-corrected chi connectivity index (χ2v) is 8.71. The molecule has 0 aliphatic carbocycles. The van der Waals surface area contributed by atoms with Gasteiger partial charge in [-0.3, -0.25) is 0 Å². The Labute approximate surface area is 154 Å². The van der Waals surface area contributed by atoms with Crippen LogP contribution in [0.15, 0.2) is 45.9 Å². The molecule has 0 amide bonds. The van der Waals surface area contributed by atoms with Crippen LogP contribution in [-0.4, -0.2) is 36.9 Å². The summed E-state index contributed by atoms with van der Waals surface area (Å²) in [5, 5.41) is 0.445. The summed E-state index contributed by atoms with van der Waals surface area (Å²) in [6.45, 7) is 2.41. The van der Waals surface area contributed by atoms with Gasteiger partial charge in [0.05, 0.1) is 15.9 Å². The van der Waals surface area contributed by atoms with Crippen LogP contribution in [0.2, 0.25) is 5.02 Å². The van der Waals surface area contributed by atoms with Crippen molar-refractivity contribution in [1.29, 1.82) is 0 Å². The van der Waals surface area contributed by atoms with Gasteiger partial charge in [-0.25, -0.2) is 13.4 Å². The van der Waals surface area contributed by atoms with Crippen molar-refractivity contribution in [2.75, 3.05) is 13.1 Å². The van der Waals surface area contributed by atoms with E-state index in [1.54, 1.807) is 37.4 Å². The highest BCUT2D eigenvalue weighted by Gasteiger charge is 2.35. The number of pyridine rings is 1. The maximum absolute atomic E-state index is 12.9. The van der Waals surface area contributed by atoms with Gasteiger partial charge in [0, 0.05) is 17.8 Å². The standard InChI is InChI=1S/C16H16BrClN2O3S/c1-11-14(18)5-2-6-15(11)24(21,22)20-9-7-12(10-20)23-16-13(17)4-3-8-19-16/h2-6,8,12H,7,9-10H2,1H3. The van der Waals surface area contributed by atoms with Crippen LogP contribution in [0.4, 0.5) is 0 Å². The lowest BCUT2D eigenvalue weighted by Crippen LogP contribution is -2.31. The van der Waals surface area contributed by atoms with Gasteiger partial charge < -0.3 is 4.74 Å². The quantitative estimate of drug-likeness (QED) is 0.741. The average Bonchev–Trinajstić information content (AvgIpc) is 3.01. The molecule has 1 aliphatic rings. The first-order valence-electron chi connectivity index (χ1n) is 7.42. The first-order chi connectivity index (χ1) is 11.4. The second kappa shape index (κ2) is 7.00. The summed E-state index contributed by atoms with van der Waals surface area (Å²) >= 11 is 9.44. The van der Waals surface area contributed by atoms with Crippen LogP contribution < -0.4 is 4.74 Å². The number of halogens is 2. The maximum Gasteiger partial charge on any atom is 0.243 e. The SMILES string of the molecule is Cc1c(Cl)cccc1S(=O)(=O)N1CCC(Oc2ncccc2Br)C1. The fourth-order valence-electron chi connectivity index (χ4n) is 2.63. The molecule has 0 bridgehead atoms. The van der Waals surface area contributed by atoms with Crippen molar-refractivity contribution in [2.24, 2.45) is 0 Å². The molecule has 128 valence electrons. The predicted molar refractivity (Wildman–Crippen MR) is 95.9 cm³/mol. The Morgan fingerprint density at radius 2 is 2.12 bits per heavy atom. The Morgan fingerprint density at radius 1 is 1.33 bits per heavy atom. The van der Waals surface area contributed by atoms with Crippen LogP contribution in [0.25, 0.3) is 0 Å². The number of rotatable bonds is 4. The number of benzene rings is 1. The van der Waals surface area contributed by atoms with Crippen LogP contribution in [0.1, 0.15) is 12.0 Å². The Morgan fingerprint density at radius 3 is 2.88 bits per heavy atom. The van der Waals surface area contributed by atoms with Gasteiger partial charge in [0.25, 0.3) is 0 Å². The Bertz CT molecular complexity index is 860. The highest BCUT2D eigenvalue weighted by molar-refractivity contribution is 9.10. The van der Waals surface area contributed by atoms with E-state index in [0.717, 1.165) is 4.47 Å². The lowest BCUT2D eigenvalue weighted by atomic mass is 10.2. The van der Waals surface area contributed by atoms with Crippen LogP contribution in [-0.2, 0) is 10.0 Å². The molecule has 0 N–H and O–H groups in total. The number of ether oxygens (including phenoxy) is 1. The zero-order valence-corrected chi connectivity index (χ0v) is 16.1. The number of hydrogen-bond acceptors (Lipinski definition) is 4. The number of hydrogen-bond donors (Lipinski definition) is 0. The van der Waals surface area contributed by atoms with Crippen molar-refractivity contribution in [3.8, 4) is 5.88 Å². The molecule has 0 saturated carbocycles. The molecule has 3 rings (SSSR count). The molecular formula is C16H16BrClN2O3S. The van der Waals surface area contributed by atoms with Crippen molar-refractivity contribution < 1.29 is 13.2 Å². The van der Waals surface area contributed by atoms with E-state index in [1.807, 2.05) is 6.07 Å². The number of nitrogens with zero attached hydrogens (tertiary/aromatic N) is 2. The monoisotopic (exact) mass is 430 g/mol. The third kappa shape index (κ3) is 3.44. The smallest absolute Gasteiger partial charge is 0.243 e. The topological polar surface area (TPSA) is 59.5 Å². The van der Waals surface area contributed by atoms with Crippen LogP contribution in [0, 0.1) is 6.92 Å². The average molecular weight is 432 g/mol. The zero-order valence-electron chi connectivity index (χ0n) is 12.9. The van der Waals surface area contributed by atoms with Gasteiger partial charge in [0.2, 0.25) is 15.9 Å². The normalized spacial score (nSPS) is 18.7. The maximum atomic E-state index is 12.9. The van der Waals surface area contributed by atoms with Crippen LogP contribution >= 0.6 is 27.5 Å². The minimum atomic E-state index is -3.59. The van der Waals surface area contributed by atoms with Crippen molar-refractivity contribution in [3.05, 3.63) is 51.6 Å². The van der Waals surface area contributed by atoms with Gasteiger partial charge in [-0.05, 0) is 59.1 Å². The second-order valence-electron chi connectivity index (χ2n) is 5.54. The summed E-state index contributed by atoms with van der Waals surface area (Å²) in [7, 11) is -3.59. The predicted octanol–water partition coefficient (Wildman–Crippen LogP) is 3.65. The molecule has 1 unspecified atom stereocenters. The Balaban J connectivity index is 1.77. The summed E-state index contributed by atoms with van der Waals surface area (Å²) in [5.41, 5.74) is 0.566. The number of aromatic nitrogens is 1. The first-order valence-corrected chi connectivity index (χ1v) is 10.0. The van der Waals surface area contributed by atoms with Gasteiger partial charge in [0.15, 0.2) is 0 Å². The summed E-state index contributed by atoms with van der Waals surface area (Å²) in [5.74, 6) is 0.473. The van der Waals surface area contributed by atoms with Crippen molar-refractivity contribution in [3.63, 3.8) is 0 Å². The van der Waals surface area contributed by atoms with E-state index in [0.29, 0.717) is 29.4 Å². The van der Waals surface area contributed by atoms with Crippen molar-refractivity contribution in [1.82, 2.24) is 9.29 Å². The summed E-state index contributed by atoms with van der Waals surface area (Å²) in [6.07, 6.45) is 2.02. The molecule has 1 aromatic heterocycles. The summed E-state index contributed by atoms with van der Waals surface area (Å²) in [4.78, 5) is 4.40. The highest BCUT2D eigenvalue weighted by Crippen LogP contribution is 2.29. The number of sulfonamides is 1. The van der Waals surface area contributed by atoms with Gasteiger partial charge in [-0.2, -0.15) is 4.31 Å². The van der Waals surface area contributed by atoms with Gasteiger partial charge in [-0.1, -0.05) is 17.7 Å². The molecule has 0 radical (unpaired) electrons. The van der Waals surface area contributed by atoms with Crippen molar-refractivity contribution >= 4 is 37.6 Å². The molecule has 0 spiro atoms. The van der Waals surface area contributed by atoms with E-state index in [2.05, 4.69) is 20.9 Å².